The fraction of sp³-hybridized carbons (Fsp3) is 0.769. The zero-order valence-electron chi connectivity index (χ0n) is 12.6. The van der Waals surface area contributed by atoms with Crippen molar-refractivity contribution in [2.45, 2.75) is 52.7 Å². The third-order valence-electron chi connectivity index (χ3n) is 3.40. The van der Waals surface area contributed by atoms with E-state index in [-0.39, 0.29) is 6.10 Å². The molecule has 1 unspecified atom stereocenters. The zero-order chi connectivity index (χ0) is 14.7. The highest BCUT2D eigenvalue weighted by Gasteiger charge is 2.29. The zero-order valence-corrected chi connectivity index (χ0v) is 12.6. The Hall–Kier alpha value is -1.63. The molecule has 0 saturated carbocycles. The van der Waals surface area contributed by atoms with Gasteiger partial charge in [0.25, 0.3) is 0 Å². The first-order chi connectivity index (χ1) is 9.51. The minimum absolute atomic E-state index is 0.00958. The fourth-order valence-corrected chi connectivity index (χ4v) is 2.54. The third kappa shape index (κ3) is 3.27. The molecule has 1 aliphatic rings. The van der Waals surface area contributed by atoms with Gasteiger partial charge in [0.1, 0.15) is 0 Å². The van der Waals surface area contributed by atoms with Gasteiger partial charge in [-0.3, -0.25) is 5.43 Å². The second kappa shape index (κ2) is 6.21. The summed E-state index contributed by atoms with van der Waals surface area (Å²) < 4.78 is 5.57. The van der Waals surface area contributed by atoms with E-state index in [0.717, 1.165) is 19.4 Å². The Labute approximate surface area is 119 Å². The second-order valence-corrected chi connectivity index (χ2v) is 5.70. The molecule has 1 aromatic heterocycles. The smallest absolute Gasteiger partial charge is 0.323 e. The second-order valence-electron chi connectivity index (χ2n) is 5.70. The molecule has 0 aromatic carbocycles. The molecular formula is C13H24N6O. The molecule has 112 valence electrons. The number of hydrazine groups is 1. The Kier molecular flexibility index (Phi) is 4.59. The van der Waals surface area contributed by atoms with Crippen molar-refractivity contribution in [2.24, 2.45) is 11.8 Å². The number of nitrogens with one attached hydrogen (secondary N) is 1. The predicted molar refractivity (Wildman–Crippen MR) is 78.6 cm³/mol. The Morgan fingerprint density at radius 1 is 1.25 bits per heavy atom. The summed E-state index contributed by atoms with van der Waals surface area (Å²) in [6.45, 7) is 9.27. The molecule has 0 radical (unpaired) electrons. The van der Waals surface area contributed by atoms with Crippen LogP contribution < -0.4 is 20.9 Å². The van der Waals surface area contributed by atoms with Crippen LogP contribution in [0.2, 0.25) is 0 Å². The van der Waals surface area contributed by atoms with Gasteiger partial charge in [0.05, 0.1) is 6.10 Å². The van der Waals surface area contributed by atoms with Crippen molar-refractivity contribution >= 4 is 11.9 Å². The average Bonchev–Trinajstić information content (AvgIpc) is 2.86. The lowest BCUT2D eigenvalue weighted by molar-refractivity contribution is 0.222. The molecule has 1 saturated heterocycles. The summed E-state index contributed by atoms with van der Waals surface area (Å²) in [5.74, 6) is 6.96. The van der Waals surface area contributed by atoms with Gasteiger partial charge in [0.15, 0.2) is 0 Å². The van der Waals surface area contributed by atoms with Crippen LogP contribution in [0.4, 0.5) is 11.9 Å². The van der Waals surface area contributed by atoms with E-state index >= 15 is 0 Å². The minimum Gasteiger partial charge on any atom is -0.461 e. The standard InChI is InChI=1S/C13H24N6O/c1-8(2)10-6-5-7-19(10)12-15-11(18-14)16-13(17-12)20-9(3)4/h8-10H,5-7,14H2,1-4H3,(H,15,16,17,18). The molecule has 20 heavy (non-hydrogen) atoms. The van der Waals surface area contributed by atoms with Crippen LogP contribution in [0.3, 0.4) is 0 Å². The number of nitrogen functional groups attached to an aromatic ring is 1. The number of hydrogen-bond donors (Lipinski definition) is 2. The van der Waals surface area contributed by atoms with Crippen LogP contribution in [-0.2, 0) is 0 Å². The van der Waals surface area contributed by atoms with Gasteiger partial charge in [-0.05, 0) is 32.6 Å². The number of nitrogens with zero attached hydrogens (tertiary/aromatic N) is 4. The largest absolute Gasteiger partial charge is 0.461 e. The number of anilines is 2. The SMILES string of the molecule is CC(C)Oc1nc(NN)nc(N2CCCC2C(C)C)n1. The molecule has 7 heteroatoms. The summed E-state index contributed by atoms with van der Waals surface area (Å²) in [6.07, 6.45) is 2.32. The summed E-state index contributed by atoms with van der Waals surface area (Å²) in [6, 6.07) is 0.766. The molecule has 1 fully saturated rings. The Bertz CT molecular complexity index is 450. The number of hydrogen-bond acceptors (Lipinski definition) is 7. The van der Waals surface area contributed by atoms with Gasteiger partial charge in [0.2, 0.25) is 11.9 Å². The maximum Gasteiger partial charge on any atom is 0.323 e. The van der Waals surface area contributed by atoms with Crippen LogP contribution >= 0.6 is 0 Å². The summed E-state index contributed by atoms with van der Waals surface area (Å²) in [5.41, 5.74) is 2.48. The predicted octanol–water partition coefficient (Wildman–Crippen LogP) is 1.57. The summed E-state index contributed by atoms with van der Waals surface area (Å²) in [4.78, 5) is 15.1. The average molecular weight is 280 g/mol. The van der Waals surface area contributed by atoms with E-state index in [2.05, 4.69) is 39.1 Å². The molecule has 0 spiro atoms. The quantitative estimate of drug-likeness (QED) is 0.625. The van der Waals surface area contributed by atoms with Crippen LogP contribution in [0, 0.1) is 5.92 Å². The van der Waals surface area contributed by atoms with E-state index in [4.69, 9.17) is 10.6 Å². The molecule has 1 atom stereocenters. The molecular weight excluding hydrogens is 256 g/mol. The first kappa shape index (κ1) is 14.8. The topological polar surface area (TPSA) is 89.2 Å². The summed E-state index contributed by atoms with van der Waals surface area (Å²) in [7, 11) is 0. The summed E-state index contributed by atoms with van der Waals surface area (Å²) >= 11 is 0. The monoisotopic (exact) mass is 280 g/mol. The minimum atomic E-state index is 0.00958. The number of nitrogens with two attached hydrogens (primary N) is 1. The Balaban J connectivity index is 2.30. The first-order valence-electron chi connectivity index (χ1n) is 7.17. The maximum atomic E-state index is 5.57. The molecule has 7 nitrogen and oxygen atoms in total. The molecule has 1 aliphatic heterocycles. The van der Waals surface area contributed by atoms with E-state index in [0.29, 0.717) is 29.9 Å². The van der Waals surface area contributed by atoms with Crippen LogP contribution in [0.25, 0.3) is 0 Å². The van der Waals surface area contributed by atoms with Crippen molar-refractivity contribution in [3.05, 3.63) is 0 Å². The molecule has 2 heterocycles. The van der Waals surface area contributed by atoms with Gasteiger partial charge in [-0.1, -0.05) is 13.8 Å². The van der Waals surface area contributed by atoms with E-state index in [1.165, 1.54) is 0 Å². The lowest BCUT2D eigenvalue weighted by Crippen LogP contribution is -2.35. The van der Waals surface area contributed by atoms with Crippen molar-refractivity contribution in [1.29, 1.82) is 0 Å². The molecule has 3 N–H and O–H groups in total. The highest BCUT2D eigenvalue weighted by molar-refractivity contribution is 5.40. The van der Waals surface area contributed by atoms with Crippen molar-refractivity contribution in [1.82, 2.24) is 15.0 Å². The third-order valence-corrected chi connectivity index (χ3v) is 3.40. The van der Waals surface area contributed by atoms with Gasteiger partial charge in [-0.25, -0.2) is 5.84 Å². The molecule has 1 aromatic rings. The highest BCUT2D eigenvalue weighted by Crippen LogP contribution is 2.28. The van der Waals surface area contributed by atoms with E-state index < -0.39 is 0 Å². The van der Waals surface area contributed by atoms with Crippen LogP contribution in [0.5, 0.6) is 6.01 Å². The van der Waals surface area contributed by atoms with E-state index in [9.17, 15) is 0 Å². The maximum absolute atomic E-state index is 5.57. The van der Waals surface area contributed by atoms with Crippen molar-refractivity contribution < 1.29 is 4.74 Å². The molecule has 0 aliphatic carbocycles. The van der Waals surface area contributed by atoms with Crippen LogP contribution in [0.1, 0.15) is 40.5 Å². The molecule has 0 bridgehead atoms. The van der Waals surface area contributed by atoms with Gasteiger partial charge >= 0.3 is 6.01 Å². The van der Waals surface area contributed by atoms with Gasteiger partial charge in [-0.2, -0.15) is 15.0 Å². The van der Waals surface area contributed by atoms with Gasteiger partial charge in [-0.15, -0.1) is 0 Å². The Morgan fingerprint density at radius 3 is 2.60 bits per heavy atom. The fourth-order valence-electron chi connectivity index (χ4n) is 2.54. The van der Waals surface area contributed by atoms with Crippen molar-refractivity contribution in [3.63, 3.8) is 0 Å². The first-order valence-corrected chi connectivity index (χ1v) is 7.17. The molecule has 2 rings (SSSR count). The summed E-state index contributed by atoms with van der Waals surface area (Å²) in [5, 5.41) is 0. The van der Waals surface area contributed by atoms with Crippen LogP contribution in [0.15, 0.2) is 0 Å². The highest BCUT2D eigenvalue weighted by atomic mass is 16.5. The van der Waals surface area contributed by atoms with Gasteiger partial charge < -0.3 is 9.64 Å². The number of rotatable bonds is 5. The number of ether oxygens (including phenoxy) is 1. The lowest BCUT2D eigenvalue weighted by Gasteiger charge is -2.27. The number of aromatic nitrogens is 3. The van der Waals surface area contributed by atoms with Crippen molar-refractivity contribution in [3.8, 4) is 6.01 Å². The molecule has 0 amide bonds. The Morgan fingerprint density at radius 2 is 2.00 bits per heavy atom. The van der Waals surface area contributed by atoms with Gasteiger partial charge in [0, 0.05) is 12.6 Å². The lowest BCUT2D eigenvalue weighted by atomic mass is 10.0. The van der Waals surface area contributed by atoms with Crippen LogP contribution in [-0.4, -0.2) is 33.6 Å². The van der Waals surface area contributed by atoms with Crippen molar-refractivity contribution in [2.75, 3.05) is 16.9 Å². The van der Waals surface area contributed by atoms with E-state index in [1.807, 2.05) is 13.8 Å². The van der Waals surface area contributed by atoms with E-state index in [1.54, 1.807) is 0 Å². The normalized spacial score (nSPS) is 18.9.